The Hall–Kier alpha value is -3.87. The van der Waals surface area contributed by atoms with E-state index >= 15 is 0 Å². The largest absolute Gasteiger partial charge is 0.491 e. The van der Waals surface area contributed by atoms with Crippen molar-refractivity contribution >= 4 is 12.0 Å². The number of aromatic nitrogens is 2. The zero-order chi connectivity index (χ0) is 21.5. The minimum atomic E-state index is -0.456. The molecule has 0 aliphatic carbocycles. The highest BCUT2D eigenvalue weighted by molar-refractivity contribution is 5.91. The lowest BCUT2D eigenvalue weighted by Gasteiger charge is -2.11. The molecule has 0 aliphatic heterocycles. The number of aryl methyl sites for hydroxylation is 1. The average molecular weight is 405 g/mol. The number of hydrogen-bond acceptors (Lipinski definition) is 4. The first-order chi connectivity index (χ1) is 14.5. The number of para-hydroxylation sites is 1. The van der Waals surface area contributed by atoms with Gasteiger partial charge in [0.2, 0.25) is 5.91 Å². The lowest BCUT2D eigenvalue weighted by Crippen LogP contribution is -2.37. The van der Waals surface area contributed by atoms with Crippen molar-refractivity contribution in [1.29, 1.82) is 0 Å². The van der Waals surface area contributed by atoms with Crippen LogP contribution in [0.1, 0.15) is 5.56 Å². The van der Waals surface area contributed by atoms with Crippen LogP contribution in [0.3, 0.4) is 0 Å². The van der Waals surface area contributed by atoms with Crippen LogP contribution in [0.2, 0.25) is 0 Å². The van der Waals surface area contributed by atoms with E-state index in [1.54, 1.807) is 7.05 Å². The molecular formula is C23H23N3O4. The first-order valence-electron chi connectivity index (χ1n) is 9.47. The van der Waals surface area contributed by atoms with Crippen LogP contribution in [0.4, 0.5) is 0 Å². The maximum absolute atomic E-state index is 12.1. The van der Waals surface area contributed by atoms with Crippen LogP contribution in [0, 0.1) is 0 Å². The Bertz CT molecular complexity index is 1180. The van der Waals surface area contributed by atoms with E-state index in [0.29, 0.717) is 13.2 Å². The topological polar surface area (TPSA) is 82.3 Å². The zero-order valence-corrected chi connectivity index (χ0v) is 16.9. The van der Waals surface area contributed by atoms with Crippen molar-refractivity contribution in [2.75, 3.05) is 13.2 Å². The van der Waals surface area contributed by atoms with E-state index < -0.39 is 11.2 Å². The van der Waals surface area contributed by atoms with Crippen molar-refractivity contribution in [3.63, 3.8) is 0 Å². The third-order valence-corrected chi connectivity index (χ3v) is 4.52. The predicted octanol–water partition coefficient (Wildman–Crippen LogP) is 1.96. The van der Waals surface area contributed by atoms with E-state index in [-0.39, 0.29) is 11.5 Å². The maximum atomic E-state index is 12.1. The molecule has 0 radical (unpaired) electrons. The van der Waals surface area contributed by atoms with Crippen LogP contribution in [-0.2, 0) is 18.9 Å². The number of amides is 1. The van der Waals surface area contributed by atoms with Gasteiger partial charge in [-0.3, -0.25) is 14.2 Å². The van der Waals surface area contributed by atoms with Gasteiger partial charge in [-0.05, 0) is 17.7 Å². The summed E-state index contributed by atoms with van der Waals surface area (Å²) < 4.78 is 8.12. The van der Waals surface area contributed by atoms with Gasteiger partial charge in [-0.2, -0.15) is 0 Å². The number of carbonyl (C=O) groups is 1. The van der Waals surface area contributed by atoms with E-state index in [1.165, 1.54) is 30.0 Å². The Kier molecular flexibility index (Phi) is 6.64. The summed E-state index contributed by atoms with van der Waals surface area (Å²) in [6.07, 6.45) is 4.06. The van der Waals surface area contributed by atoms with E-state index in [4.69, 9.17) is 4.74 Å². The molecule has 30 heavy (non-hydrogen) atoms. The number of nitrogens with zero attached hydrogens (tertiary/aromatic N) is 2. The summed E-state index contributed by atoms with van der Waals surface area (Å²) in [7, 11) is 2.94. The van der Waals surface area contributed by atoms with Crippen molar-refractivity contribution in [3.05, 3.63) is 93.3 Å². The molecule has 0 atom stereocenters. The Morgan fingerprint density at radius 2 is 1.73 bits per heavy atom. The minimum absolute atomic E-state index is 0.253. The number of benzene rings is 2. The number of rotatable bonds is 7. The quantitative estimate of drug-likeness (QED) is 0.481. The normalized spacial score (nSPS) is 10.9. The number of carbonyl (C=O) groups excluding carboxylic acids is 1. The van der Waals surface area contributed by atoms with E-state index in [0.717, 1.165) is 21.4 Å². The fourth-order valence-electron chi connectivity index (χ4n) is 2.96. The van der Waals surface area contributed by atoms with Gasteiger partial charge in [0, 0.05) is 31.9 Å². The molecule has 0 saturated heterocycles. The van der Waals surface area contributed by atoms with Crippen LogP contribution in [-0.4, -0.2) is 28.2 Å². The Labute approximate surface area is 173 Å². The minimum Gasteiger partial charge on any atom is -0.491 e. The lowest BCUT2D eigenvalue weighted by atomic mass is 10.1. The molecule has 0 unspecified atom stereocenters. The Balaban J connectivity index is 1.56. The van der Waals surface area contributed by atoms with Crippen molar-refractivity contribution in [3.8, 4) is 16.9 Å². The molecule has 1 amide bonds. The summed E-state index contributed by atoms with van der Waals surface area (Å²) in [5, 5.41) is 2.71. The maximum Gasteiger partial charge on any atom is 0.330 e. The summed E-state index contributed by atoms with van der Waals surface area (Å²) in [5.74, 6) is 0.382. The van der Waals surface area contributed by atoms with Gasteiger partial charge in [-0.25, -0.2) is 4.79 Å². The fourth-order valence-corrected chi connectivity index (χ4v) is 2.96. The standard InChI is InChI=1S/C23H23N3O4/c1-25-16-18(22(28)26(2)23(25)29)12-13-21(27)24-14-15-30-20-11-7-6-10-19(20)17-8-4-3-5-9-17/h3-13,16H,14-15H2,1-2H3,(H,24,27)/b13-12+. The third-order valence-electron chi connectivity index (χ3n) is 4.52. The van der Waals surface area contributed by atoms with E-state index in [2.05, 4.69) is 5.32 Å². The highest BCUT2D eigenvalue weighted by atomic mass is 16.5. The number of nitrogens with one attached hydrogen (secondary N) is 1. The van der Waals surface area contributed by atoms with Gasteiger partial charge in [0.1, 0.15) is 12.4 Å². The van der Waals surface area contributed by atoms with Crippen molar-refractivity contribution in [1.82, 2.24) is 14.5 Å². The van der Waals surface area contributed by atoms with Gasteiger partial charge in [-0.1, -0.05) is 48.5 Å². The van der Waals surface area contributed by atoms with Crippen molar-refractivity contribution in [2.45, 2.75) is 0 Å². The predicted molar refractivity (Wildman–Crippen MR) is 116 cm³/mol. The van der Waals surface area contributed by atoms with Crippen LogP contribution in [0.25, 0.3) is 17.2 Å². The summed E-state index contributed by atoms with van der Waals surface area (Å²) >= 11 is 0. The first kappa shape index (κ1) is 20.9. The second kappa shape index (κ2) is 9.56. The molecule has 0 saturated carbocycles. The zero-order valence-electron chi connectivity index (χ0n) is 16.9. The SMILES string of the molecule is Cn1cc(/C=C/C(=O)NCCOc2ccccc2-c2ccccc2)c(=O)n(C)c1=O. The van der Waals surface area contributed by atoms with Gasteiger partial charge in [0.05, 0.1) is 12.1 Å². The molecule has 7 nitrogen and oxygen atoms in total. The molecule has 3 aromatic rings. The van der Waals surface area contributed by atoms with Gasteiger partial charge in [-0.15, -0.1) is 0 Å². The van der Waals surface area contributed by atoms with Crippen LogP contribution in [0.5, 0.6) is 5.75 Å². The number of hydrogen-bond donors (Lipinski definition) is 1. The third kappa shape index (κ3) is 4.94. The highest BCUT2D eigenvalue weighted by Gasteiger charge is 2.06. The first-order valence-corrected chi connectivity index (χ1v) is 9.47. The second-order valence-corrected chi connectivity index (χ2v) is 6.68. The molecule has 0 spiro atoms. The summed E-state index contributed by atoms with van der Waals surface area (Å²) in [6, 6.07) is 17.6. The molecule has 1 N–H and O–H groups in total. The van der Waals surface area contributed by atoms with Crippen molar-refractivity contribution < 1.29 is 9.53 Å². The van der Waals surface area contributed by atoms with Gasteiger partial charge in [0.15, 0.2) is 0 Å². The Morgan fingerprint density at radius 3 is 2.50 bits per heavy atom. The average Bonchev–Trinajstić information content (AvgIpc) is 2.77. The van der Waals surface area contributed by atoms with Crippen LogP contribution < -0.4 is 21.3 Å². The van der Waals surface area contributed by atoms with Gasteiger partial charge in [0.25, 0.3) is 5.56 Å². The highest BCUT2D eigenvalue weighted by Crippen LogP contribution is 2.29. The van der Waals surface area contributed by atoms with E-state index in [9.17, 15) is 14.4 Å². The molecule has 0 bridgehead atoms. The summed E-state index contributed by atoms with van der Waals surface area (Å²) in [6.45, 7) is 0.600. The van der Waals surface area contributed by atoms with Crippen LogP contribution in [0.15, 0.2) is 76.5 Å². The smallest absolute Gasteiger partial charge is 0.330 e. The Morgan fingerprint density at radius 1 is 1.03 bits per heavy atom. The molecular weight excluding hydrogens is 382 g/mol. The van der Waals surface area contributed by atoms with E-state index in [1.807, 2.05) is 54.6 Å². The van der Waals surface area contributed by atoms with Crippen LogP contribution >= 0.6 is 0 Å². The molecule has 1 aromatic heterocycles. The second-order valence-electron chi connectivity index (χ2n) is 6.68. The molecule has 0 fully saturated rings. The lowest BCUT2D eigenvalue weighted by molar-refractivity contribution is -0.116. The van der Waals surface area contributed by atoms with Crippen molar-refractivity contribution in [2.24, 2.45) is 14.1 Å². The van der Waals surface area contributed by atoms with Gasteiger partial charge >= 0.3 is 5.69 Å². The molecule has 154 valence electrons. The monoisotopic (exact) mass is 405 g/mol. The van der Waals surface area contributed by atoms with Gasteiger partial charge < -0.3 is 14.6 Å². The molecule has 2 aromatic carbocycles. The summed E-state index contributed by atoms with van der Waals surface area (Å²) in [4.78, 5) is 35.8. The molecule has 7 heteroatoms. The fraction of sp³-hybridized carbons (Fsp3) is 0.174. The number of ether oxygens (including phenoxy) is 1. The molecule has 1 heterocycles. The summed E-state index contributed by atoms with van der Waals surface area (Å²) in [5.41, 5.74) is 1.41. The molecule has 0 aliphatic rings. The molecule has 3 rings (SSSR count).